The molecule has 2 rings (SSSR count). The van der Waals surface area contributed by atoms with Gasteiger partial charge in [-0.3, -0.25) is 10.1 Å². The third-order valence-electron chi connectivity index (χ3n) is 3.16. The van der Waals surface area contributed by atoms with Crippen LogP contribution in [0.4, 0.5) is 5.69 Å². The van der Waals surface area contributed by atoms with E-state index >= 15 is 0 Å². The van der Waals surface area contributed by atoms with Crippen molar-refractivity contribution in [2.24, 2.45) is 0 Å². The minimum Gasteiger partial charge on any atom is -0.457 e. The van der Waals surface area contributed by atoms with E-state index in [9.17, 15) is 14.9 Å². The van der Waals surface area contributed by atoms with E-state index in [0.717, 1.165) is 11.8 Å². The molecule has 0 bridgehead atoms. The van der Waals surface area contributed by atoms with Crippen LogP contribution in [-0.4, -0.2) is 16.5 Å². The molecular weight excluding hydrogens is 409 g/mol. The second kappa shape index (κ2) is 8.78. The fraction of sp³-hybridized carbons (Fsp3) is 0.211. The van der Waals surface area contributed by atoms with Crippen LogP contribution in [0.25, 0.3) is 6.08 Å². The summed E-state index contributed by atoms with van der Waals surface area (Å²) in [5.41, 5.74) is -0.0589. The van der Waals surface area contributed by atoms with Gasteiger partial charge in [-0.2, -0.15) is 0 Å². The zero-order valence-electron chi connectivity index (χ0n) is 14.9. The fourth-order valence-corrected chi connectivity index (χ4v) is 3.59. The Morgan fingerprint density at radius 3 is 2.41 bits per heavy atom. The van der Waals surface area contributed by atoms with Gasteiger partial charge in [0.15, 0.2) is 0 Å². The van der Waals surface area contributed by atoms with Crippen molar-refractivity contribution in [2.75, 3.05) is 0 Å². The maximum atomic E-state index is 11.8. The lowest BCUT2D eigenvalue weighted by Crippen LogP contribution is -2.22. The molecule has 2 aromatic rings. The molecule has 0 fully saturated rings. The Kier molecular flexibility index (Phi) is 6.92. The average molecular weight is 426 g/mol. The molecule has 8 heteroatoms. The van der Waals surface area contributed by atoms with Gasteiger partial charge >= 0.3 is 5.97 Å². The molecule has 0 aliphatic carbocycles. The minimum atomic E-state index is -0.590. The first-order valence-corrected chi connectivity index (χ1v) is 9.46. The van der Waals surface area contributed by atoms with Gasteiger partial charge in [-0.25, -0.2) is 4.79 Å². The number of rotatable bonds is 5. The number of nitro benzene ring substituents is 1. The average Bonchev–Trinajstić information content (AvgIpc) is 2.57. The van der Waals surface area contributed by atoms with Crippen molar-refractivity contribution in [2.45, 2.75) is 36.2 Å². The van der Waals surface area contributed by atoms with Crippen LogP contribution in [0, 0.1) is 10.1 Å². The monoisotopic (exact) mass is 425 g/mol. The van der Waals surface area contributed by atoms with Crippen molar-refractivity contribution in [3.05, 3.63) is 68.2 Å². The van der Waals surface area contributed by atoms with Crippen LogP contribution in [0.1, 0.15) is 26.3 Å². The molecule has 0 radical (unpaired) electrons. The normalized spacial score (nSPS) is 11.6. The first-order valence-electron chi connectivity index (χ1n) is 7.89. The molecule has 2 aromatic carbocycles. The summed E-state index contributed by atoms with van der Waals surface area (Å²) in [5.74, 6) is -0.493. The zero-order chi connectivity index (χ0) is 20.2. The van der Waals surface area contributed by atoms with Crippen LogP contribution in [0.5, 0.6) is 0 Å². The minimum absolute atomic E-state index is 0.0106. The van der Waals surface area contributed by atoms with Gasteiger partial charge < -0.3 is 4.74 Å². The summed E-state index contributed by atoms with van der Waals surface area (Å²) in [7, 11) is 0. The molecule has 0 spiro atoms. The SMILES string of the molecule is CC(C)(C)OC(=O)/C=C/c1ccc(Sc2ccccc2[N+](=O)[O-])c(Cl)c1Cl. The second-order valence-electron chi connectivity index (χ2n) is 6.47. The Morgan fingerprint density at radius 1 is 1.11 bits per heavy atom. The number of nitrogens with zero attached hydrogens (tertiary/aromatic N) is 1. The van der Waals surface area contributed by atoms with Crippen LogP contribution in [0.3, 0.4) is 0 Å². The molecule has 5 nitrogen and oxygen atoms in total. The number of carbonyl (C=O) groups is 1. The number of esters is 1. The Labute approximate surface area is 171 Å². The maximum absolute atomic E-state index is 11.8. The standard InChI is InChI=1S/C19H17Cl2NO4S/c1-19(2,3)26-16(23)11-9-12-8-10-15(18(21)17(12)20)27-14-7-5-4-6-13(14)22(24)25/h4-11H,1-3H3/b11-9+. The smallest absolute Gasteiger partial charge is 0.331 e. The van der Waals surface area contributed by atoms with E-state index in [-0.39, 0.29) is 15.7 Å². The van der Waals surface area contributed by atoms with Gasteiger partial charge in [-0.15, -0.1) is 0 Å². The fourth-order valence-electron chi connectivity index (χ4n) is 2.06. The number of hydrogen-bond donors (Lipinski definition) is 0. The van der Waals surface area contributed by atoms with Gasteiger partial charge in [0.2, 0.25) is 0 Å². The van der Waals surface area contributed by atoms with Crippen LogP contribution < -0.4 is 0 Å². The van der Waals surface area contributed by atoms with Gasteiger partial charge in [0.25, 0.3) is 5.69 Å². The van der Waals surface area contributed by atoms with E-state index in [1.165, 1.54) is 18.2 Å². The van der Waals surface area contributed by atoms with E-state index in [0.29, 0.717) is 15.4 Å². The molecule has 0 saturated carbocycles. The summed E-state index contributed by atoms with van der Waals surface area (Å²) in [6, 6.07) is 9.76. The van der Waals surface area contributed by atoms with E-state index in [1.54, 1.807) is 51.1 Å². The first-order chi connectivity index (χ1) is 12.6. The summed E-state index contributed by atoms with van der Waals surface area (Å²) in [4.78, 5) is 23.5. The Hall–Kier alpha value is -2.02. The molecule has 0 aromatic heterocycles. The summed E-state index contributed by atoms with van der Waals surface area (Å²) >= 11 is 13.8. The summed E-state index contributed by atoms with van der Waals surface area (Å²) in [6.07, 6.45) is 2.79. The third-order valence-corrected chi connectivity index (χ3v) is 5.30. The molecule has 0 amide bonds. The molecule has 0 N–H and O–H groups in total. The molecule has 0 unspecified atom stereocenters. The molecule has 0 aliphatic heterocycles. The molecule has 142 valence electrons. The van der Waals surface area contributed by atoms with Gasteiger partial charge in [0.05, 0.1) is 19.9 Å². The van der Waals surface area contributed by atoms with E-state index in [1.807, 2.05) is 0 Å². The maximum Gasteiger partial charge on any atom is 0.331 e. The zero-order valence-corrected chi connectivity index (χ0v) is 17.2. The largest absolute Gasteiger partial charge is 0.457 e. The summed E-state index contributed by atoms with van der Waals surface area (Å²) < 4.78 is 5.20. The number of hydrogen-bond acceptors (Lipinski definition) is 5. The lowest BCUT2D eigenvalue weighted by Gasteiger charge is -2.17. The lowest BCUT2D eigenvalue weighted by molar-refractivity contribution is -0.387. The molecular formula is C19H17Cl2NO4S. The van der Waals surface area contributed by atoms with Gasteiger partial charge in [0.1, 0.15) is 5.60 Å². The Balaban J connectivity index is 2.25. The predicted molar refractivity (Wildman–Crippen MR) is 109 cm³/mol. The highest BCUT2D eigenvalue weighted by molar-refractivity contribution is 7.99. The van der Waals surface area contributed by atoms with Crippen molar-refractivity contribution < 1.29 is 14.5 Å². The highest BCUT2D eigenvalue weighted by Crippen LogP contribution is 2.41. The topological polar surface area (TPSA) is 69.4 Å². The highest BCUT2D eigenvalue weighted by atomic mass is 35.5. The number of halogens is 2. The number of para-hydroxylation sites is 1. The summed E-state index contributed by atoms with van der Waals surface area (Å²) in [6.45, 7) is 5.33. The lowest BCUT2D eigenvalue weighted by atomic mass is 10.2. The van der Waals surface area contributed by atoms with Crippen molar-refractivity contribution in [1.82, 2.24) is 0 Å². The van der Waals surface area contributed by atoms with Crippen LogP contribution >= 0.6 is 35.0 Å². The van der Waals surface area contributed by atoms with Gasteiger partial charge in [0, 0.05) is 17.0 Å². The van der Waals surface area contributed by atoms with Crippen molar-refractivity contribution in [3.63, 3.8) is 0 Å². The Bertz CT molecular complexity index is 907. The van der Waals surface area contributed by atoms with Crippen molar-refractivity contribution in [3.8, 4) is 0 Å². The molecule has 27 heavy (non-hydrogen) atoms. The van der Waals surface area contributed by atoms with E-state index in [2.05, 4.69) is 0 Å². The Morgan fingerprint density at radius 2 is 1.78 bits per heavy atom. The molecule has 0 atom stereocenters. The number of nitro groups is 1. The molecule has 0 saturated heterocycles. The van der Waals surface area contributed by atoms with Gasteiger partial charge in [-0.1, -0.05) is 53.2 Å². The third kappa shape index (κ3) is 5.99. The van der Waals surface area contributed by atoms with E-state index < -0.39 is 16.5 Å². The molecule has 0 heterocycles. The summed E-state index contributed by atoms with van der Waals surface area (Å²) in [5, 5.41) is 11.7. The van der Waals surface area contributed by atoms with Crippen LogP contribution in [0.15, 0.2) is 52.3 Å². The first kappa shape index (κ1) is 21.3. The van der Waals surface area contributed by atoms with Gasteiger partial charge in [-0.05, 0) is 44.5 Å². The number of carbonyl (C=O) groups excluding carboxylic acids is 1. The number of benzene rings is 2. The van der Waals surface area contributed by atoms with Crippen molar-refractivity contribution in [1.29, 1.82) is 0 Å². The number of ether oxygens (including phenoxy) is 1. The molecule has 0 aliphatic rings. The quantitative estimate of drug-likeness (QED) is 0.239. The van der Waals surface area contributed by atoms with E-state index in [4.69, 9.17) is 27.9 Å². The predicted octanol–water partition coefficient (Wildman–Crippen LogP) is 6.41. The highest BCUT2D eigenvalue weighted by Gasteiger charge is 2.17. The second-order valence-corrected chi connectivity index (χ2v) is 8.31. The van der Waals surface area contributed by atoms with Crippen LogP contribution in [0.2, 0.25) is 10.0 Å². The van der Waals surface area contributed by atoms with Crippen molar-refractivity contribution >= 4 is 52.7 Å². The van der Waals surface area contributed by atoms with Crippen LogP contribution in [-0.2, 0) is 9.53 Å².